The monoisotopic (exact) mass is 929 g/mol. The summed E-state index contributed by atoms with van der Waals surface area (Å²) in [4.78, 5) is 35.7. The average molecular weight is 929 g/mol. The van der Waals surface area contributed by atoms with Crippen molar-refractivity contribution in [2.45, 2.75) is 223 Å². The van der Waals surface area contributed by atoms with Crippen LogP contribution in [0.2, 0.25) is 0 Å². The number of carbonyl (C=O) groups is 2. The van der Waals surface area contributed by atoms with Gasteiger partial charge in [0, 0.05) is 12.8 Å². The first-order valence-electron chi connectivity index (χ1n) is 24.2. The fourth-order valence-electron chi connectivity index (χ4n) is 7.05. The lowest BCUT2D eigenvalue weighted by Gasteiger charge is -2.41. The Hall–Kier alpha value is -2.49. The lowest BCUT2D eigenvalue weighted by molar-refractivity contribution is -0.220. The van der Waals surface area contributed by atoms with Crippen LogP contribution in [0.5, 0.6) is 0 Å². The second-order valence-electron chi connectivity index (χ2n) is 16.8. The molecule has 0 aromatic heterocycles. The maximum Gasteiger partial charge on any atom is 0.472 e. The molecule has 1 aliphatic carbocycles. The summed E-state index contributed by atoms with van der Waals surface area (Å²) in [7, 11) is -5.15. The first-order chi connectivity index (χ1) is 30.8. The smallest absolute Gasteiger partial charge is 0.462 e. The fraction of sp³-hybridized carbons (Fsp3) is 0.755. The first kappa shape index (κ1) is 59.5. The van der Waals surface area contributed by atoms with Gasteiger partial charge in [0.15, 0.2) is 6.10 Å². The second-order valence-corrected chi connectivity index (χ2v) is 18.2. The third-order valence-corrected chi connectivity index (χ3v) is 11.9. The van der Waals surface area contributed by atoms with E-state index < -0.39 is 81.8 Å². The Bertz CT molecular complexity index is 1370. The summed E-state index contributed by atoms with van der Waals surface area (Å²) in [6.07, 6.45) is 30.2. The van der Waals surface area contributed by atoms with Crippen molar-refractivity contribution >= 4 is 19.8 Å². The van der Waals surface area contributed by atoms with Gasteiger partial charge < -0.3 is 45.0 Å². The van der Waals surface area contributed by atoms with E-state index in [-0.39, 0.29) is 12.8 Å². The molecule has 4 unspecified atom stereocenters. The van der Waals surface area contributed by atoms with E-state index >= 15 is 0 Å². The van der Waals surface area contributed by atoms with E-state index in [0.29, 0.717) is 32.1 Å². The molecule has 0 aromatic carbocycles. The summed E-state index contributed by atoms with van der Waals surface area (Å²) in [5.41, 5.74) is 0. The third kappa shape index (κ3) is 30.7. The molecule has 1 fully saturated rings. The summed E-state index contributed by atoms with van der Waals surface area (Å²) in [6, 6.07) is 0. The normalized spacial score (nSPS) is 22.6. The molecule has 7 N–H and O–H groups in total. The van der Waals surface area contributed by atoms with Crippen molar-refractivity contribution in [2.24, 2.45) is 0 Å². The molecule has 15 heteroatoms. The summed E-state index contributed by atoms with van der Waals surface area (Å²) < 4.78 is 33.5. The largest absolute Gasteiger partial charge is 0.472 e. The average Bonchev–Trinajstić information content (AvgIpc) is 3.27. The third-order valence-electron chi connectivity index (χ3n) is 11.0. The number of esters is 2. The number of hydrogen-bond acceptors (Lipinski definition) is 13. The molecule has 64 heavy (non-hydrogen) atoms. The van der Waals surface area contributed by atoms with Crippen molar-refractivity contribution in [3.05, 3.63) is 60.8 Å². The predicted molar refractivity (Wildman–Crippen MR) is 250 cm³/mol. The van der Waals surface area contributed by atoms with Crippen molar-refractivity contribution in [2.75, 3.05) is 13.2 Å². The van der Waals surface area contributed by atoms with Gasteiger partial charge in [-0.2, -0.15) is 0 Å². The number of aliphatic hydroxyl groups excluding tert-OH is 6. The molecule has 370 valence electrons. The van der Waals surface area contributed by atoms with Crippen LogP contribution in [0.3, 0.4) is 0 Å². The van der Waals surface area contributed by atoms with Gasteiger partial charge in [-0.3, -0.25) is 18.6 Å². The Morgan fingerprint density at radius 2 is 1.08 bits per heavy atom. The van der Waals surface area contributed by atoms with Crippen LogP contribution in [-0.4, -0.2) is 110 Å². The number of phosphoric ester groups is 1. The molecule has 1 rings (SSSR count). The van der Waals surface area contributed by atoms with Crippen molar-refractivity contribution < 1.29 is 68.2 Å². The van der Waals surface area contributed by atoms with E-state index in [1.54, 1.807) is 12.2 Å². The lowest BCUT2D eigenvalue weighted by Crippen LogP contribution is -2.64. The van der Waals surface area contributed by atoms with Crippen LogP contribution in [0, 0.1) is 0 Å². The van der Waals surface area contributed by atoms with Crippen LogP contribution < -0.4 is 0 Å². The highest BCUT2D eigenvalue weighted by atomic mass is 31.2. The number of phosphoric acid groups is 1. The summed E-state index contributed by atoms with van der Waals surface area (Å²) in [5, 5.41) is 60.2. The van der Waals surface area contributed by atoms with Crippen LogP contribution in [0.1, 0.15) is 174 Å². The summed E-state index contributed by atoms with van der Waals surface area (Å²) in [5.74, 6) is -1.21. The molecule has 0 heterocycles. The van der Waals surface area contributed by atoms with E-state index in [1.165, 1.54) is 77.0 Å². The standard InChI is InChI=1S/C49H85O14P/c1-3-5-7-9-11-12-13-14-15-16-17-18-19-20-25-29-33-37-43(52)62-41(39-61-64(58,59)63-49-47(56)45(54)44(53)46(55)48(49)57)38-60-42(51)36-32-28-24-22-21-23-27-31-35-40(50)34-30-26-10-8-6-4-2/h6,8,22-24,26-27,30-31,35,40-41,44-50,53-57H,3-5,7,9-21,25,28-29,32-34,36-39H2,1-2H3,(H,58,59)/b8-6-,24-22-,27-23-,30-26-,35-31+/t40?,41-,44?,45-,46+,47-,48-,49?/m1/s1. The van der Waals surface area contributed by atoms with E-state index in [9.17, 15) is 49.7 Å². The van der Waals surface area contributed by atoms with Gasteiger partial charge in [0.1, 0.15) is 43.2 Å². The van der Waals surface area contributed by atoms with E-state index in [4.69, 9.17) is 18.5 Å². The van der Waals surface area contributed by atoms with Gasteiger partial charge in [-0.15, -0.1) is 0 Å². The predicted octanol–water partition coefficient (Wildman–Crippen LogP) is 8.70. The van der Waals surface area contributed by atoms with Crippen LogP contribution in [-0.2, 0) is 32.7 Å². The van der Waals surface area contributed by atoms with Crippen LogP contribution in [0.15, 0.2) is 60.8 Å². The zero-order chi connectivity index (χ0) is 47.3. The number of ether oxygens (including phenoxy) is 2. The topological polar surface area (TPSA) is 230 Å². The number of unbranched alkanes of at least 4 members (excludes halogenated alkanes) is 17. The molecule has 0 bridgehead atoms. The highest BCUT2D eigenvalue weighted by Crippen LogP contribution is 2.47. The molecule has 0 aromatic rings. The van der Waals surface area contributed by atoms with E-state index in [1.807, 2.05) is 36.5 Å². The number of carbonyl (C=O) groups excluding carboxylic acids is 2. The molecule has 0 spiro atoms. The number of aliphatic hydroxyl groups is 6. The van der Waals surface area contributed by atoms with Gasteiger partial charge in [-0.1, -0.05) is 177 Å². The minimum absolute atomic E-state index is 0.0560. The maximum absolute atomic E-state index is 12.8. The molecular formula is C49H85O14P. The number of rotatable bonds is 39. The van der Waals surface area contributed by atoms with Gasteiger partial charge in [-0.25, -0.2) is 4.57 Å². The Balaban J connectivity index is 2.50. The maximum atomic E-state index is 12.8. The van der Waals surface area contributed by atoms with Crippen LogP contribution >= 0.6 is 7.82 Å². The fourth-order valence-corrected chi connectivity index (χ4v) is 8.03. The van der Waals surface area contributed by atoms with E-state index in [2.05, 4.69) is 26.0 Å². The van der Waals surface area contributed by atoms with Gasteiger partial charge in [-0.05, 0) is 44.9 Å². The quantitative estimate of drug-likeness (QED) is 0.0101. The minimum Gasteiger partial charge on any atom is -0.462 e. The van der Waals surface area contributed by atoms with Crippen molar-refractivity contribution in [3.63, 3.8) is 0 Å². The number of allylic oxidation sites excluding steroid dienone is 8. The lowest BCUT2D eigenvalue weighted by atomic mass is 9.85. The number of hydrogen-bond donors (Lipinski definition) is 7. The van der Waals surface area contributed by atoms with Crippen molar-refractivity contribution in [3.8, 4) is 0 Å². The van der Waals surface area contributed by atoms with Gasteiger partial charge >= 0.3 is 19.8 Å². The van der Waals surface area contributed by atoms with Gasteiger partial charge in [0.2, 0.25) is 0 Å². The Morgan fingerprint density at radius 1 is 0.578 bits per heavy atom. The summed E-state index contributed by atoms with van der Waals surface area (Å²) >= 11 is 0. The molecule has 1 saturated carbocycles. The molecule has 0 saturated heterocycles. The molecular weight excluding hydrogens is 843 g/mol. The SMILES string of the molecule is CC/C=C\C/C=C\CC(O)/C=C/C=C\C/C=C\CCCC(=O)OC[C@H](COP(=O)(O)OC1[C@H](O)[C@H](O)C(O)[C@H](O)[C@H]1O)OC(=O)CCCCCCCCCCCCCCCCCCC. The highest BCUT2D eigenvalue weighted by molar-refractivity contribution is 7.47. The van der Waals surface area contributed by atoms with Crippen molar-refractivity contribution in [1.29, 1.82) is 0 Å². The molecule has 14 nitrogen and oxygen atoms in total. The van der Waals surface area contributed by atoms with Gasteiger partial charge in [0.25, 0.3) is 0 Å². The zero-order valence-corrected chi connectivity index (χ0v) is 39.8. The van der Waals surface area contributed by atoms with Crippen LogP contribution in [0.25, 0.3) is 0 Å². The minimum atomic E-state index is -5.15. The van der Waals surface area contributed by atoms with Gasteiger partial charge in [0.05, 0.1) is 12.7 Å². The summed E-state index contributed by atoms with van der Waals surface area (Å²) in [6.45, 7) is 3.07. The molecule has 0 aliphatic heterocycles. The van der Waals surface area contributed by atoms with Crippen LogP contribution in [0.4, 0.5) is 0 Å². The van der Waals surface area contributed by atoms with Crippen molar-refractivity contribution in [1.82, 2.24) is 0 Å². The van der Waals surface area contributed by atoms with E-state index in [0.717, 1.165) is 38.5 Å². The second kappa shape index (κ2) is 38.6. The first-order valence-corrected chi connectivity index (χ1v) is 25.7. The molecule has 0 radical (unpaired) electrons. The molecule has 1 aliphatic rings. The highest BCUT2D eigenvalue weighted by Gasteiger charge is 2.51. The Kier molecular flexibility index (Phi) is 35.9. The zero-order valence-electron chi connectivity index (χ0n) is 38.9. The molecule has 9 atom stereocenters. The molecule has 0 amide bonds. The Labute approximate surface area is 384 Å². The Morgan fingerprint density at radius 3 is 1.66 bits per heavy atom.